The van der Waals surface area contributed by atoms with E-state index in [0.29, 0.717) is 5.92 Å². The molecule has 104 valence electrons. The van der Waals surface area contributed by atoms with Crippen molar-refractivity contribution < 1.29 is 9.90 Å². The summed E-state index contributed by atoms with van der Waals surface area (Å²) >= 11 is 1.56. The number of benzene rings is 1. The second kappa shape index (κ2) is 5.75. The molecule has 1 aliphatic rings. The molecule has 3 nitrogen and oxygen atoms in total. The van der Waals surface area contributed by atoms with Crippen molar-refractivity contribution in [3.8, 4) is 10.4 Å². The summed E-state index contributed by atoms with van der Waals surface area (Å²) in [5.74, 6) is -0.480. The minimum atomic E-state index is -0.929. The Labute approximate surface area is 122 Å². The number of rotatable bonds is 3. The van der Waals surface area contributed by atoms with Gasteiger partial charge in [-0.15, -0.1) is 11.3 Å². The first-order valence-electron chi connectivity index (χ1n) is 7.05. The van der Waals surface area contributed by atoms with E-state index in [1.54, 1.807) is 11.3 Å². The highest BCUT2D eigenvalue weighted by Gasteiger charge is 2.24. The molecular weight excluding hydrogens is 270 g/mol. The van der Waals surface area contributed by atoms with Gasteiger partial charge in [0.1, 0.15) is 0 Å². The number of thiazole rings is 1. The first-order chi connectivity index (χ1) is 9.75. The normalized spacial score (nSPS) is 16.2. The van der Waals surface area contributed by atoms with Crippen LogP contribution in [0.5, 0.6) is 0 Å². The van der Waals surface area contributed by atoms with Crippen LogP contribution in [0.1, 0.15) is 53.5 Å². The molecule has 20 heavy (non-hydrogen) atoms. The predicted octanol–water partition coefficient (Wildman–Crippen LogP) is 4.56. The van der Waals surface area contributed by atoms with Gasteiger partial charge in [-0.2, -0.15) is 0 Å². The monoisotopic (exact) mass is 287 g/mol. The van der Waals surface area contributed by atoms with E-state index in [0.717, 1.165) is 28.3 Å². The van der Waals surface area contributed by atoms with Gasteiger partial charge in [-0.25, -0.2) is 9.78 Å². The summed E-state index contributed by atoms with van der Waals surface area (Å²) in [6, 6.07) is 9.70. The number of aromatic carboxylic acids is 1. The van der Waals surface area contributed by atoms with Gasteiger partial charge >= 0.3 is 5.97 Å². The molecule has 0 atom stereocenters. The van der Waals surface area contributed by atoms with Crippen molar-refractivity contribution in [2.45, 2.75) is 38.0 Å². The molecule has 1 aliphatic carbocycles. The summed E-state index contributed by atoms with van der Waals surface area (Å²) in [5.41, 5.74) is 1.16. The van der Waals surface area contributed by atoms with Crippen molar-refractivity contribution >= 4 is 17.3 Å². The van der Waals surface area contributed by atoms with Crippen molar-refractivity contribution in [3.63, 3.8) is 0 Å². The summed E-state index contributed by atoms with van der Waals surface area (Å²) in [6.07, 6.45) is 6.03. The maximum atomic E-state index is 11.4. The maximum Gasteiger partial charge on any atom is 0.356 e. The molecule has 0 spiro atoms. The standard InChI is InChI=1S/C16H17NO2S/c18-16(19)13-14(11-7-3-1-4-8-11)20-15(17-13)12-9-5-2-6-10-12/h1,3-4,7-8,12H,2,5-6,9-10H2,(H,18,19). The number of carbonyl (C=O) groups is 1. The molecule has 1 N–H and O–H groups in total. The third kappa shape index (κ3) is 2.61. The molecule has 0 aliphatic heterocycles. The van der Waals surface area contributed by atoms with Crippen LogP contribution in [0, 0.1) is 0 Å². The second-order valence-electron chi connectivity index (χ2n) is 5.24. The Hall–Kier alpha value is -1.68. The fourth-order valence-electron chi connectivity index (χ4n) is 2.79. The minimum absolute atomic E-state index is 0.210. The van der Waals surface area contributed by atoms with Gasteiger partial charge in [0.2, 0.25) is 0 Å². The van der Waals surface area contributed by atoms with Gasteiger partial charge in [-0.3, -0.25) is 0 Å². The van der Waals surface area contributed by atoms with Crippen molar-refractivity contribution in [2.75, 3.05) is 0 Å². The SMILES string of the molecule is O=C(O)c1nc(C2CCCCC2)sc1-c1ccccc1. The lowest BCUT2D eigenvalue weighted by atomic mass is 9.90. The number of carboxylic acid groups (broad SMARTS) is 1. The Morgan fingerprint density at radius 2 is 1.85 bits per heavy atom. The highest BCUT2D eigenvalue weighted by atomic mass is 32.1. The summed E-state index contributed by atoms with van der Waals surface area (Å²) in [6.45, 7) is 0. The number of hydrogen-bond donors (Lipinski definition) is 1. The van der Waals surface area contributed by atoms with Crippen LogP contribution in [0.2, 0.25) is 0 Å². The molecule has 1 saturated carbocycles. The van der Waals surface area contributed by atoms with Crippen LogP contribution >= 0.6 is 11.3 Å². The maximum absolute atomic E-state index is 11.4. The van der Waals surface area contributed by atoms with Crippen LogP contribution in [-0.4, -0.2) is 16.1 Å². The second-order valence-corrected chi connectivity index (χ2v) is 6.27. The van der Waals surface area contributed by atoms with Crippen molar-refractivity contribution in [1.29, 1.82) is 0 Å². The quantitative estimate of drug-likeness (QED) is 0.900. The van der Waals surface area contributed by atoms with Gasteiger partial charge in [-0.1, -0.05) is 49.6 Å². The van der Waals surface area contributed by atoms with Gasteiger partial charge in [0.25, 0.3) is 0 Å². The average Bonchev–Trinajstić information content (AvgIpc) is 2.94. The molecule has 0 bridgehead atoms. The van der Waals surface area contributed by atoms with Gasteiger partial charge in [0.05, 0.1) is 9.88 Å². The van der Waals surface area contributed by atoms with Gasteiger partial charge in [0, 0.05) is 5.92 Å². The van der Waals surface area contributed by atoms with Crippen molar-refractivity contribution in [2.24, 2.45) is 0 Å². The summed E-state index contributed by atoms with van der Waals surface area (Å²) < 4.78 is 0. The molecule has 0 unspecified atom stereocenters. The first kappa shape index (κ1) is 13.3. The minimum Gasteiger partial charge on any atom is -0.476 e. The smallest absolute Gasteiger partial charge is 0.356 e. The van der Waals surface area contributed by atoms with E-state index in [1.807, 2.05) is 30.3 Å². The molecule has 2 aromatic rings. The Morgan fingerprint density at radius 1 is 1.15 bits per heavy atom. The largest absolute Gasteiger partial charge is 0.476 e. The lowest BCUT2D eigenvalue weighted by Gasteiger charge is -2.18. The van der Waals surface area contributed by atoms with Crippen LogP contribution in [-0.2, 0) is 0 Å². The highest BCUT2D eigenvalue weighted by molar-refractivity contribution is 7.15. The lowest BCUT2D eigenvalue weighted by Crippen LogP contribution is -2.05. The van der Waals surface area contributed by atoms with E-state index in [1.165, 1.54) is 19.3 Å². The Balaban J connectivity index is 2.00. The van der Waals surface area contributed by atoms with Crippen LogP contribution < -0.4 is 0 Å². The van der Waals surface area contributed by atoms with Gasteiger partial charge < -0.3 is 5.11 Å². The molecule has 1 heterocycles. The predicted molar refractivity (Wildman–Crippen MR) is 80.3 cm³/mol. The zero-order valence-electron chi connectivity index (χ0n) is 11.2. The van der Waals surface area contributed by atoms with Gasteiger partial charge in [-0.05, 0) is 18.4 Å². The molecular formula is C16H17NO2S. The molecule has 0 radical (unpaired) electrons. The Morgan fingerprint density at radius 3 is 2.50 bits per heavy atom. The third-order valence-corrected chi connectivity index (χ3v) is 5.10. The molecule has 1 fully saturated rings. The van der Waals surface area contributed by atoms with Crippen LogP contribution in [0.4, 0.5) is 0 Å². The summed E-state index contributed by atoms with van der Waals surface area (Å²) in [4.78, 5) is 16.7. The van der Waals surface area contributed by atoms with E-state index < -0.39 is 5.97 Å². The van der Waals surface area contributed by atoms with Crippen LogP contribution in [0.25, 0.3) is 10.4 Å². The van der Waals surface area contributed by atoms with Crippen molar-refractivity contribution in [1.82, 2.24) is 4.98 Å². The average molecular weight is 287 g/mol. The lowest BCUT2D eigenvalue weighted by molar-refractivity contribution is 0.0692. The van der Waals surface area contributed by atoms with Crippen LogP contribution in [0.3, 0.4) is 0 Å². The number of carboxylic acids is 1. The van der Waals surface area contributed by atoms with Crippen molar-refractivity contribution in [3.05, 3.63) is 41.0 Å². The van der Waals surface area contributed by atoms with E-state index in [2.05, 4.69) is 4.98 Å². The molecule has 3 rings (SSSR count). The number of hydrogen-bond acceptors (Lipinski definition) is 3. The van der Waals surface area contributed by atoms with Crippen LogP contribution in [0.15, 0.2) is 30.3 Å². The van der Waals surface area contributed by atoms with E-state index in [9.17, 15) is 9.90 Å². The molecule has 4 heteroatoms. The zero-order valence-corrected chi connectivity index (χ0v) is 12.0. The fourth-order valence-corrected chi connectivity index (χ4v) is 4.02. The number of nitrogens with zero attached hydrogens (tertiary/aromatic N) is 1. The third-order valence-electron chi connectivity index (χ3n) is 3.84. The van der Waals surface area contributed by atoms with E-state index in [4.69, 9.17) is 0 Å². The Bertz CT molecular complexity index is 600. The molecule has 1 aromatic carbocycles. The fraction of sp³-hybridized carbons (Fsp3) is 0.375. The molecule has 1 aromatic heterocycles. The molecule has 0 amide bonds. The molecule has 0 saturated heterocycles. The summed E-state index contributed by atoms with van der Waals surface area (Å²) in [5, 5.41) is 10.4. The highest BCUT2D eigenvalue weighted by Crippen LogP contribution is 2.39. The van der Waals surface area contributed by atoms with E-state index in [-0.39, 0.29) is 5.69 Å². The number of aromatic nitrogens is 1. The topological polar surface area (TPSA) is 50.2 Å². The van der Waals surface area contributed by atoms with Gasteiger partial charge in [0.15, 0.2) is 5.69 Å². The first-order valence-corrected chi connectivity index (χ1v) is 7.87. The Kier molecular flexibility index (Phi) is 3.83. The zero-order chi connectivity index (χ0) is 13.9. The van der Waals surface area contributed by atoms with E-state index >= 15 is 0 Å². The summed E-state index contributed by atoms with van der Waals surface area (Å²) in [7, 11) is 0.